The zero-order valence-electron chi connectivity index (χ0n) is 18.9. The summed E-state index contributed by atoms with van der Waals surface area (Å²) in [5, 5.41) is 16.2. The van der Waals surface area contributed by atoms with Crippen molar-refractivity contribution in [2.75, 3.05) is 18.4 Å². The summed E-state index contributed by atoms with van der Waals surface area (Å²) in [6.07, 6.45) is 10.1. The number of hydrogen-bond acceptors (Lipinski definition) is 5. The van der Waals surface area contributed by atoms with Crippen LogP contribution in [-0.2, 0) is 19.5 Å². The van der Waals surface area contributed by atoms with Gasteiger partial charge in [0.1, 0.15) is 12.1 Å². The van der Waals surface area contributed by atoms with Gasteiger partial charge in [-0.25, -0.2) is 9.97 Å². The molecule has 0 amide bonds. The van der Waals surface area contributed by atoms with Crippen LogP contribution in [-0.4, -0.2) is 39.2 Å². The van der Waals surface area contributed by atoms with Crippen molar-refractivity contribution in [2.45, 2.75) is 64.1 Å². The highest BCUT2D eigenvalue weighted by molar-refractivity contribution is 6.35. The van der Waals surface area contributed by atoms with Crippen LogP contribution in [0.15, 0.2) is 24.5 Å². The van der Waals surface area contributed by atoms with Gasteiger partial charge in [0.2, 0.25) is 0 Å². The number of rotatable bonds is 6. The molecule has 4 bridgehead atoms. The number of benzene rings is 1. The van der Waals surface area contributed by atoms with Crippen LogP contribution >= 0.6 is 23.2 Å². The third-order valence-electron chi connectivity index (χ3n) is 8.75. The molecule has 0 radical (unpaired) electrons. The molecule has 2 N–H and O–H groups in total. The second kappa shape index (κ2) is 8.67. The van der Waals surface area contributed by atoms with Gasteiger partial charge in [0.15, 0.2) is 0 Å². The van der Waals surface area contributed by atoms with E-state index in [1.165, 1.54) is 44.1 Å². The summed E-state index contributed by atoms with van der Waals surface area (Å²) in [7, 11) is 0. The summed E-state index contributed by atoms with van der Waals surface area (Å²) in [5.74, 6) is 3.43. The van der Waals surface area contributed by atoms with Crippen LogP contribution in [0.25, 0.3) is 0 Å². The summed E-state index contributed by atoms with van der Waals surface area (Å²) >= 11 is 12.4. The van der Waals surface area contributed by atoms with Gasteiger partial charge in [0, 0.05) is 41.8 Å². The number of aliphatic hydroxyl groups excluding tert-OH is 1. The lowest BCUT2D eigenvalue weighted by Crippen LogP contribution is -2.53. The molecule has 0 spiro atoms. The van der Waals surface area contributed by atoms with Crippen LogP contribution < -0.4 is 5.32 Å². The Balaban J connectivity index is 1.12. The zero-order chi connectivity index (χ0) is 22.6. The van der Waals surface area contributed by atoms with E-state index < -0.39 is 0 Å². The van der Waals surface area contributed by atoms with Crippen molar-refractivity contribution in [2.24, 2.45) is 23.2 Å². The molecule has 1 unspecified atom stereocenters. The Bertz CT molecular complexity index is 1010. The predicted octanol–water partition coefficient (Wildman–Crippen LogP) is 5.33. The Kier molecular flexibility index (Phi) is 5.81. The molecule has 5 aliphatic rings. The first-order valence-electron chi connectivity index (χ1n) is 12.4. The Labute approximate surface area is 205 Å². The van der Waals surface area contributed by atoms with E-state index in [0.717, 1.165) is 60.9 Å². The average Bonchev–Trinajstić information content (AvgIpc) is 2.78. The van der Waals surface area contributed by atoms with Gasteiger partial charge >= 0.3 is 0 Å². The first-order chi connectivity index (χ1) is 16.0. The van der Waals surface area contributed by atoms with E-state index in [-0.39, 0.29) is 11.5 Å². The lowest BCUT2D eigenvalue weighted by Gasteiger charge is -2.58. The molecule has 33 heavy (non-hydrogen) atoms. The van der Waals surface area contributed by atoms with E-state index >= 15 is 0 Å². The first kappa shape index (κ1) is 22.1. The molecule has 1 aromatic carbocycles. The van der Waals surface area contributed by atoms with E-state index in [1.807, 2.05) is 12.1 Å². The van der Waals surface area contributed by atoms with E-state index in [2.05, 4.69) is 20.2 Å². The van der Waals surface area contributed by atoms with Crippen molar-refractivity contribution >= 4 is 29.0 Å². The molecule has 2 aromatic rings. The molecule has 5 nitrogen and oxygen atoms in total. The number of hydrogen-bond donors (Lipinski definition) is 2. The second-order valence-corrected chi connectivity index (χ2v) is 11.9. The number of nitrogens with one attached hydrogen (secondary N) is 1. The largest absolute Gasteiger partial charge is 0.391 e. The maximum Gasteiger partial charge on any atom is 0.133 e. The van der Waals surface area contributed by atoms with Crippen LogP contribution in [0, 0.1) is 23.2 Å². The minimum atomic E-state index is -0.302. The van der Waals surface area contributed by atoms with Crippen molar-refractivity contribution in [1.29, 1.82) is 0 Å². The minimum absolute atomic E-state index is 0.128. The Morgan fingerprint density at radius 1 is 1.09 bits per heavy atom. The molecule has 1 aliphatic heterocycles. The molecule has 7 heteroatoms. The fraction of sp³-hybridized carbons (Fsp3) is 0.615. The number of aromatic nitrogens is 2. The fourth-order valence-corrected chi connectivity index (χ4v) is 8.05. The van der Waals surface area contributed by atoms with Crippen molar-refractivity contribution in [3.63, 3.8) is 0 Å². The number of halogens is 2. The normalized spacial score (nSPS) is 31.4. The van der Waals surface area contributed by atoms with Crippen molar-refractivity contribution < 1.29 is 5.11 Å². The smallest absolute Gasteiger partial charge is 0.133 e. The minimum Gasteiger partial charge on any atom is -0.391 e. The molecule has 1 aromatic heterocycles. The SMILES string of the molecule is OC(CNc1ncnc2c1CCN(Cc1ccc(Cl)cc1Cl)C2)C12CC3CC(CC(C3)C1)C2. The van der Waals surface area contributed by atoms with Gasteiger partial charge in [0.25, 0.3) is 0 Å². The monoisotopic (exact) mass is 486 g/mol. The van der Waals surface area contributed by atoms with Gasteiger partial charge in [-0.3, -0.25) is 4.90 Å². The average molecular weight is 487 g/mol. The van der Waals surface area contributed by atoms with Gasteiger partial charge in [0.05, 0.1) is 11.8 Å². The van der Waals surface area contributed by atoms with Crippen molar-refractivity contribution in [3.05, 3.63) is 51.4 Å². The summed E-state index contributed by atoms with van der Waals surface area (Å²) in [6, 6.07) is 5.69. The predicted molar refractivity (Wildman–Crippen MR) is 131 cm³/mol. The number of anilines is 1. The molecule has 4 fully saturated rings. The second-order valence-electron chi connectivity index (χ2n) is 11.0. The Morgan fingerprint density at radius 3 is 2.52 bits per heavy atom. The van der Waals surface area contributed by atoms with Gasteiger partial charge < -0.3 is 10.4 Å². The molecule has 4 saturated carbocycles. The number of fused-ring (bicyclic) bond motifs is 1. The van der Waals surface area contributed by atoms with Crippen LogP contribution in [0.2, 0.25) is 10.0 Å². The zero-order valence-corrected chi connectivity index (χ0v) is 20.5. The molecule has 1 atom stereocenters. The van der Waals surface area contributed by atoms with E-state index in [0.29, 0.717) is 16.6 Å². The highest BCUT2D eigenvalue weighted by atomic mass is 35.5. The Morgan fingerprint density at radius 2 is 1.82 bits per heavy atom. The summed E-state index contributed by atoms with van der Waals surface area (Å²) in [5.41, 5.74) is 3.46. The molecular formula is C26H32Cl2N4O. The topological polar surface area (TPSA) is 61.3 Å². The molecule has 7 rings (SSSR count). The van der Waals surface area contributed by atoms with E-state index in [1.54, 1.807) is 12.4 Å². The first-order valence-corrected chi connectivity index (χ1v) is 13.1. The van der Waals surface area contributed by atoms with Gasteiger partial charge in [-0.1, -0.05) is 29.3 Å². The maximum absolute atomic E-state index is 11.3. The van der Waals surface area contributed by atoms with Gasteiger partial charge in [-0.05, 0) is 85.8 Å². The third kappa shape index (κ3) is 4.27. The van der Waals surface area contributed by atoms with Crippen molar-refractivity contribution in [3.8, 4) is 0 Å². The number of nitrogens with zero attached hydrogens (tertiary/aromatic N) is 3. The molecule has 4 aliphatic carbocycles. The highest BCUT2D eigenvalue weighted by Crippen LogP contribution is 2.61. The molecule has 2 heterocycles. The van der Waals surface area contributed by atoms with Crippen LogP contribution in [0.5, 0.6) is 0 Å². The number of aliphatic hydroxyl groups is 1. The lowest BCUT2D eigenvalue weighted by molar-refractivity contribution is -0.115. The quantitative estimate of drug-likeness (QED) is 0.577. The van der Waals surface area contributed by atoms with Crippen molar-refractivity contribution in [1.82, 2.24) is 14.9 Å². The van der Waals surface area contributed by atoms with Gasteiger partial charge in [-0.15, -0.1) is 0 Å². The molecular weight excluding hydrogens is 455 g/mol. The third-order valence-corrected chi connectivity index (χ3v) is 9.34. The van der Waals surface area contributed by atoms with Gasteiger partial charge in [-0.2, -0.15) is 0 Å². The summed E-state index contributed by atoms with van der Waals surface area (Å²) < 4.78 is 0. The molecule has 176 valence electrons. The standard InChI is InChI=1S/C26H32Cl2N4O/c27-20-2-1-19(22(28)8-20)13-32-4-3-21-23(14-32)30-15-31-25(21)29-12-24(33)26-9-16-5-17(10-26)7-18(6-16)11-26/h1-2,8,15-18,24,33H,3-7,9-14H2,(H,29,30,31). The maximum atomic E-state index is 11.3. The fourth-order valence-electron chi connectivity index (χ4n) is 7.58. The highest BCUT2D eigenvalue weighted by Gasteiger charge is 2.53. The summed E-state index contributed by atoms with van der Waals surface area (Å²) in [4.78, 5) is 11.5. The Hall–Kier alpha value is -1.40. The van der Waals surface area contributed by atoms with Crippen LogP contribution in [0.4, 0.5) is 5.82 Å². The van der Waals surface area contributed by atoms with Crippen LogP contribution in [0.3, 0.4) is 0 Å². The lowest BCUT2D eigenvalue weighted by atomic mass is 9.48. The van der Waals surface area contributed by atoms with E-state index in [4.69, 9.17) is 23.2 Å². The summed E-state index contributed by atoms with van der Waals surface area (Å²) in [6.45, 7) is 3.04. The molecule has 0 saturated heterocycles. The van der Waals surface area contributed by atoms with Crippen LogP contribution in [0.1, 0.15) is 55.3 Å². The van der Waals surface area contributed by atoms with E-state index in [9.17, 15) is 5.11 Å².